The summed E-state index contributed by atoms with van der Waals surface area (Å²) in [5.74, 6) is -1.03. The van der Waals surface area contributed by atoms with Crippen molar-refractivity contribution in [3.05, 3.63) is 108 Å². The highest BCUT2D eigenvalue weighted by Crippen LogP contribution is 2.26. The molecule has 6 aromatic rings. The van der Waals surface area contributed by atoms with Crippen LogP contribution in [0.1, 0.15) is 32.1 Å². The van der Waals surface area contributed by atoms with Gasteiger partial charge in [0.05, 0.1) is 27.4 Å². The number of carboxylic acid groups (broad SMARTS) is 1. The Morgan fingerprint density at radius 2 is 1.28 bits per heavy atom. The van der Waals surface area contributed by atoms with Crippen LogP contribution in [0.3, 0.4) is 0 Å². The summed E-state index contributed by atoms with van der Waals surface area (Å²) in [5.41, 5.74) is 10.1. The number of carbonyl (C=O) groups excluding carboxylic acids is 1. The quantitative estimate of drug-likeness (QED) is 0.233. The van der Waals surface area contributed by atoms with E-state index < -0.39 is 5.97 Å². The lowest BCUT2D eigenvalue weighted by Crippen LogP contribution is -2.11. The molecule has 196 valence electrons. The van der Waals surface area contributed by atoms with Crippen LogP contribution in [0.2, 0.25) is 0 Å². The zero-order valence-corrected chi connectivity index (χ0v) is 22.7. The number of pyridine rings is 2. The number of nitrogens with two attached hydrogens (primary N) is 1. The van der Waals surface area contributed by atoms with Crippen LogP contribution >= 0.6 is 22.7 Å². The van der Waals surface area contributed by atoms with Gasteiger partial charge in [-0.05, 0) is 50.2 Å². The number of aromatic nitrogens is 4. The summed E-state index contributed by atoms with van der Waals surface area (Å²) in [5, 5.41) is 12.4. The van der Waals surface area contributed by atoms with Gasteiger partial charge in [0.2, 0.25) is 0 Å². The topological polar surface area (TPSA) is 144 Å². The molecule has 0 bridgehead atoms. The van der Waals surface area contributed by atoms with Crippen LogP contribution in [0.5, 0.6) is 0 Å². The first-order valence-electron chi connectivity index (χ1n) is 11.6. The summed E-state index contributed by atoms with van der Waals surface area (Å²) in [6.45, 7) is 3.89. The maximum atomic E-state index is 12.0. The smallest absolute Gasteiger partial charge is 0.335 e. The molecular formula is C28H24N6O3S2. The molecule has 0 aliphatic carbocycles. The highest BCUT2D eigenvalue weighted by atomic mass is 32.1. The van der Waals surface area contributed by atoms with Crippen molar-refractivity contribution >= 4 is 65.2 Å². The van der Waals surface area contributed by atoms with Crippen LogP contribution in [0.15, 0.2) is 85.2 Å². The number of carboxylic acids is 1. The Labute approximate surface area is 232 Å². The Balaban J connectivity index is 0.000000149. The van der Waals surface area contributed by atoms with Gasteiger partial charge < -0.3 is 10.8 Å². The number of anilines is 2. The number of hydrogen-bond donors (Lipinski definition) is 3. The zero-order chi connectivity index (χ0) is 27.8. The van der Waals surface area contributed by atoms with Gasteiger partial charge in [0.15, 0.2) is 10.3 Å². The van der Waals surface area contributed by atoms with Gasteiger partial charge in [0.25, 0.3) is 5.91 Å². The molecule has 6 rings (SSSR count). The number of fused-ring (bicyclic) bond motifs is 2. The second kappa shape index (κ2) is 12.7. The van der Waals surface area contributed by atoms with Crippen molar-refractivity contribution in [2.24, 2.45) is 0 Å². The summed E-state index contributed by atoms with van der Waals surface area (Å²) in [6, 6.07) is 21.3. The molecule has 11 heteroatoms. The van der Waals surface area contributed by atoms with Crippen LogP contribution in [0, 0.1) is 13.8 Å². The molecule has 0 radical (unpaired) electrons. The number of benzene rings is 2. The standard InChI is InChI=1S/C14H11N3OS.C7H7N3S.C7H6O2/c1-9-7-12-11(8-15-9)16-14(19-12)17-13(18)10-5-3-2-4-6-10;1-4-2-6-5(3-9-4)10-7(8)11-6;8-7(9)6-4-2-1-3-5-6/h2-8H,1H3,(H,16,17,18);2-3H,1H3,(H2,8,10);1-5H,(H,8,9). The third-order valence-corrected chi connectivity index (χ3v) is 6.90. The van der Waals surface area contributed by atoms with Gasteiger partial charge >= 0.3 is 5.97 Å². The number of nitrogens with zero attached hydrogens (tertiary/aromatic N) is 4. The van der Waals surface area contributed by atoms with Crippen LogP contribution in [-0.2, 0) is 0 Å². The molecule has 0 atom stereocenters. The van der Waals surface area contributed by atoms with E-state index in [0.29, 0.717) is 21.4 Å². The summed E-state index contributed by atoms with van der Waals surface area (Å²) < 4.78 is 2.13. The first-order valence-corrected chi connectivity index (χ1v) is 13.3. The number of rotatable bonds is 3. The van der Waals surface area contributed by atoms with E-state index in [1.54, 1.807) is 54.9 Å². The first kappa shape index (κ1) is 27.3. The maximum absolute atomic E-state index is 12.0. The van der Waals surface area contributed by atoms with Crippen molar-refractivity contribution in [1.29, 1.82) is 0 Å². The van der Waals surface area contributed by atoms with Crippen molar-refractivity contribution in [2.75, 3.05) is 11.1 Å². The normalized spacial score (nSPS) is 10.2. The zero-order valence-electron chi connectivity index (χ0n) is 21.0. The minimum absolute atomic E-state index is 0.149. The Morgan fingerprint density at radius 3 is 1.82 bits per heavy atom. The molecule has 0 saturated carbocycles. The molecule has 4 heterocycles. The van der Waals surface area contributed by atoms with Gasteiger partial charge in [-0.1, -0.05) is 59.1 Å². The van der Waals surface area contributed by atoms with E-state index in [2.05, 4.69) is 25.3 Å². The third kappa shape index (κ3) is 7.63. The fourth-order valence-corrected chi connectivity index (χ4v) is 5.00. The summed E-state index contributed by atoms with van der Waals surface area (Å²) in [4.78, 5) is 38.9. The van der Waals surface area contributed by atoms with E-state index in [-0.39, 0.29) is 5.91 Å². The molecule has 0 aliphatic rings. The molecule has 39 heavy (non-hydrogen) atoms. The second-order valence-electron chi connectivity index (χ2n) is 8.15. The monoisotopic (exact) mass is 556 g/mol. The summed E-state index contributed by atoms with van der Waals surface area (Å²) >= 11 is 2.94. The average Bonchev–Trinajstić information content (AvgIpc) is 3.51. The van der Waals surface area contributed by atoms with Crippen LogP contribution in [-0.4, -0.2) is 36.9 Å². The van der Waals surface area contributed by atoms with E-state index in [1.807, 2.05) is 44.2 Å². The molecule has 0 saturated heterocycles. The number of nitrogen functional groups attached to an aromatic ring is 1. The van der Waals surface area contributed by atoms with Gasteiger partial charge in [-0.15, -0.1) is 0 Å². The molecule has 9 nitrogen and oxygen atoms in total. The molecule has 1 amide bonds. The highest BCUT2D eigenvalue weighted by Gasteiger charge is 2.09. The average molecular weight is 557 g/mol. The second-order valence-corrected chi connectivity index (χ2v) is 10.2. The van der Waals surface area contributed by atoms with Gasteiger partial charge in [-0.3, -0.25) is 20.1 Å². The van der Waals surface area contributed by atoms with E-state index in [1.165, 1.54) is 22.7 Å². The minimum Gasteiger partial charge on any atom is -0.478 e. The Morgan fingerprint density at radius 1 is 0.769 bits per heavy atom. The largest absolute Gasteiger partial charge is 0.478 e. The lowest BCUT2D eigenvalue weighted by atomic mass is 10.2. The number of nitrogens with one attached hydrogen (secondary N) is 1. The summed E-state index contributed by atoms with van der Waals surface area (Å²) in [6.07, 6.45) is 3.47. The minimum atomic E-state index is -0.879. The highest BCUT2D eigenvalue weighted by molar-refractivity contribution is 7.22. The predicted molar refractivity (Wildman–Crippen MR) is 157 cm³/mol. The number of aryl methyl sites for hydroxylation is 2. The lowest BCUT2D eigenvalue weighted by Gasteiger charge is -2.00. The van der Waals surface area contributed by atoms with Crippen molar-refractivity contribution in [3.8, 4) is 0 Å². The fourth-order valence-electron chi connectivity index (χ4n) is 3.27. The van der Waals surface area contributed by atoms with E-state index >= 15 is 0 Å². The van der Waals surface area contributed by atoms with E-state index in [0.717, 1.165) is 31.8 Å². The van der Waals surface area contributed by atoms with Gasteiger partial charge in [0, 0.05) is 17.0 Å². The molecule has 0 fully saturated rings. The Hall–Kier alpha value is -4.74. The Kier molecular flexibility index (Phi) is 8.87. The van der Waals surface area contributed by atoms with Crippen LogP contribution in [0.25, 0.3) is 20.4 Å². The van der Waals surface area contributed by atoms with Crippen molar-refractivity contribution in [2.45, 2.75) is 13.8 Å². The van der Waals surface area contributed by atoms with Crippen molar-refractivity contribution in [3.63, 3.8) is 0 Å². The van der Waals surface area contributed by atoms with E-state index in [4.69, 9.17) is 10.8 Å². The number of amides is 1. The lowest BCUT2D eigenvalue weighted by molar-refractivity contribution is 0.0696. The number of thiazole rings is 2. The molecule has 4 N–H and O–H groups in total. The van der Waals surface area contributed by atoms with Crippen LogP contribution < -0.4 is 11.1 Å². The SMILES string of the molecule is Cc1cc2sc(N)nc2cn1.Cc1cc2sc(NC(=O)c3ccccc3)nc2cn1.O=C(O)c1ccccc1. The van der Waals surface area contributed by atoms with Gasteiger partial charge in [-0.25, -0.2) is 14.8 Å². The molecule has 0 unspecified atom stereocenters. The maximum Gasteiger partial charge on any atom is 0.335 e. The number of aromatic carboxylic acids is 1. The van der Waals surface area contributed by atoms with Crippen LogP contribution in [0.4, 0.5) is 10.3 Å². The molecule has 2 aromatic carbocycles. The van der Waals surface area contributed by atoms with Crippen molar-refractivity contribution < 1.29 is 14.7 Å². The van der Waals surface area contributed by atoms with Gasteiger partial charge in [0.1, 0.15) is 11.0 Å². The first-order chi connectivity index (χ1) is 18.8. The molecule has 4 aromatic heterocycles. The number of carbonyl (C=O) groups is 2. The van der Waals surface area contributed by atoms with Crippen molar-refractivity contribution in [1.82, 2.24) is 19.9 Å². The Bertz CT molecular complexity index is 1720. The molecule has 0 spiro atoms. The summed E-state index contributed by atoms with van der Waals surface area (Å²) in [7, 11) is 0. The molecular weight excluding hydrogens is 532 g/mol. The van der Waals surface area contributed by atoms with Gasteiger partial charge in [-0.2, -0.15) is 0 Å². The fraction of sp³-hybridized carbons (Fsp3) is 0.0714. The third-order valence-electron chi connectivity index (χ3n) is 5.12. The molecule has 0 aliphatic heterocycles. The van der Waals surface area contributed by atoms with E-state index in [9.17, 15) is 9.59 Å². The number of hydrogen-bond acceptors (Lipinski definition) is 9. The predicted octanol–water partition coefficient (Wildman–Crippen LogP) is 6.22.